The lowest BCUT2D eigenvalue weighted by Gasteiger charge is -2.37. The molecule has 1 atom stereocenters. The second kappa shape index (κ2) is 9.88. The van der Waals surface area contributed by atoms with Crippen LogP contribution in [0.4, 0.5) is 15.0 Å². The van der Waals surface area contributed by atoms with Crippen molar-refractivity contribution in [1.29, 1.82) is 0 Å². The number of pyridine rings is 2. The maximum Gasteiger partial charge on any atom is 0.320 e. The van der Waals surface area contributed by atoms with Crippen molar-refractivity contribution in [2.24, 2.45) is 12.0 Å². The van der Waals surface area contributed by atoms with Gasteiger partial charge in [-0.3, -0.25) is 9.67 Å². The predicted octanol–water partition coefficient (Wildman–Crippen LogP) is 3.28. The van der Waals surface area contributed by atoms with Crippen molar-refractivity contribution >= 4 is 24.1 Å². The van der Waals surface area contributed by atoms with Gasteiger partial charge in [0.25, 0.3) is 0 Å². The molecule has 0 bridgehead atoms. The number of alkyl halides is 1. The first-order valence-corrected chi connectivity index (χ1v) is 12.8. The topological polar surface area (TPSA) is 87.2 Å². The van der Waals surface area contributed by atoms with Gasteiger partial charge in [0.15, 0.2) is 0 Å². The zero-order chi connectivity index (χ0) is 26.2. The number of anilines is 1. The van der Waals surface area contributed by atoms with Crippen LogP contribution in [0.5, 0.6) is 0 Å². The molecule has 2 aliphatic rings. The standard InChI is InChI=1S/C27H30FN9O/c1-29-12-21-14-32-37-17-20(22-15-31-33(2)16-22)11-24(26(21)37)19-3-4-25(30-13-19)34-7-9-35(10-8-34)27(38)36-6-5-23(28)18-36/h3-4,11,13-17,23H,1,5-10,12,18H2,2H3/t23-/m0/s1. The number of likely N-dealkylation sites (tertiary alicyclic amines) is 1. The highest BCUT2D eigenvalue weighted by Gasteiger charge is 2.31. The highest BCUT2D eigenvalue weighted by atomic mass is 19.1. The molecule has 0 unspecified atom stereocenters. The van der Waals surface area contributed by atoms with Crippen LogP contribution in [0, 0.1) is 0 Å². The Balaban J connectivity index is 1.24. The average molecular weight is 516 g/mol. The van der Waals surface area contributed by atoms with Gasteiger partial charge < -0.3 is 14.7 Å². The maximum absolute atomic E-state index is 13.5. The quantitative estimate of drug-likeness (QED) is 0.381. The molecule has 196 valence electrons. The van der Waals surface area contributed by atoms with E-state index in [-0.39, 0.29) is 12.6 Å². The van der Waals surface area contributed by atoms with Crippen LogP contribution in [0.1, 0.15) is 12.0 Å². The average Bonchev–Trinajstić information content (AvgIpc) is 3.68. The van der Waals surface area contributed by atoms with Gasteiger partial charge in [0, 0.05) is 86.2 Å². The number of aryl methyl sites for hydroxylation is 1. The normalized spacial score (nSPS) is 17.9. The Hall–Kier alpha value is -4.28. The molecule has 2 amide bonds. The number of amides is 2. The van der Waals surface area contributed by atoms with Crippen molar-refractivity contribution in [3.8, 4) is 22.3 Å². The molecule has 2 aliphatic heterocycles. The maximum atomic E-state index is 13.5. The molecule has 4 aromatic rings. The summed E-state index contributed by atoms with van der Waals surface area (Å²) < 4.78 is 17.2. The van der Waals surface area contributed by atoms with Crippen LogP contribution in [0.25, 0.3) is 27.8 Å². The summed E-state index contributed by atoms with van der Waals surface area (Å²) in [6.07, 6.45) is 9.07. The van der Waals surface area contributed by atoms with Crippen LogP contribution in [0.2, 0.25) is 0 Å². The van der Waals surface area contributed by atoms with Crippen molar-refractivity contribution in [3.63, 3.8) is 0 Å². The Labute approximate surface area is 220 Å². The van der Waals surface area contributed by atoms with Gasteiger partial charge in [-0.1, -0.05) is 0 Å². The molecule has 0 radical (unpaired) electrons. The van der Waals surface area contributed by atoms with Crippen molar-refractivity contribution in [1.82, 2.24) is 34.2 Å². The van der Waals surface area contributed by atoms with Gasteiger partial charge in [-0.2, -0.15) is 10.2 Å². The van der Waals surface area contributed by atoms with Gasteiger partial charge in [-0.25, -0.2) is 18.7 Å². The summed E-state index contributed by atoms with van der Waals surface area (Å²) in [5.41, 5.74) is 5.96. The molecule has 10 nitrogen and oxygen atoms in total. The Bertz CT molecular complexity index is 1470. The first kappa shape index (κ1) is 24.1. The highest BCUT2D eigenvalue weighted by Crippen LogP contribution is 2.33. The zero-order valence-electron chi connectivity index (χ0n) is 21.4. The molecule has 0 spiro atoms. The Morgan fingerprint density at radius 2 is 1.87 bits per heavy atom. The number of urea groups is 1. The Morgan fingerprint density at radius 1 is 1.03 bits per heavy atom. The molecule has 4 aromatic heterocycles. The van der Waals surface area contributed by atoms with Crippen LogP contribution in [0.15, 0.2) is 54.2 Å². The second-order valence-corrected chi connectivity index (χ2v) is 9.88. The van der Waals surface area contributed by atoms with Gasteiger partial charge >= 0.3 is 6.03 Å². The third kappa shape index (κ3) is 4.48. The molecule has 0 aliphatic carbocycles. The smallest absolute Gasteiger partial charge is 0.320 e. The van der Waals surface area contributed by atoms with E-state index in [2.05, 4.69) is 38.9 Å². The minimum Gasteiger partial charge on any atom is -0.353 e. The summed E-state index contributed by atoms with van der Waals surface area (Å²) >= 11 is 0. The SMILES string of the molecule is C=NCc1cnn2cc(-c3cnn(C)c3)cc(-c3ccc(N4CCN(C(=O)N5CC[C@H](F)C5)CC4)nc3)c12. The van der Waals surface area contributed by atoms with E-state index in [0.29, 0.717) is 45.7 Å². The van der Waals surface area contributed by atoms with Crippen LogP contribution >= 0.6 is 0 Å². The van der Waals surface area contributed by atoms with E-state index in [4.69, 9.17) is 4.98 Å². The lowest BCUT2D eigenvalue weighted by atomic mass is 10.0. The van der Waals surface area contributed by atoms with Crippen LogP contribution < -0.4 is 4.90 Å². The summed E-state index contributed by atoms with van der Waals surface area (Å²) in [5.74, 6) is 0.867. The summed E-state index contributed by atoms with van der Waals surface area (Å²) in [6, 6.07) is 6.18. The van der Waals surface area contributed by atoms with E-state index < -0.39 is 6.17 Å². The molecule has 38 heavy (non-hydrogen) atoms. The van der Waals surface area contributed by atoms with E-state index in [1.54, 1.807) is 9.58 Å². The number of carbonyl (C=O) groups is 1. The minimum absolute atomic E-state index is 0.0590. The molecule has 2 fully saturated rings. The van der Waals surface area contributed by atoms with Gasteiger partial charge in [-0.05, 0) is 31.3 Å². The van der Waals surface area contributed by atoms with E-state index in [1.165, 1.54) is 0 Å². The number of nitrogens with zero attached hydrogens (tertiary/aromatic N) is 9. The molecule has 2 saturated heterocycles. The number of hydrogen-bond donors (Lipinski definition) is 0. The van der Waals surface area contributed by atoms with Crippen LogP contribution in [-0.4, -0.2) is 92.4 Å². The Morgan fingerprint density at radius 3 is 2.53 bits per heavy atom. The molecule has 6 rings (SSSR count). The third-order valence-electron chi connectivity index (χ3n) is 7.34. The van der Waals surface area contributed by atoms with Gasteiger partial charge in [0.2, 0.25) is 0 Å². The summed E-state index contributed by atoms with van der Waals surface area (Å²) in [5, 5.41) is 8.90. The van der Waals surface area contributed by atoms with E-state index >= 15 is 0 Å². The fraction of sp³-hybridized carbons (Fsp3) is 0.370. The lowest BCUT2D eigenvalue weighted by molar-refractivity contribution is 0.156. The van der Waals surface area contributed by atoms with Gasteiger partial charge in [0.1, 0.15) is 12.0 Å². The van der Waals surface area contributed by atoms with Crippen molar-refractivity contribution in [3.05, 3.63) is 54.7 Å². The van der Waals surface area contributed by atoms with Crippen LogP contribution in [0.3, 0.4) is 0 Å². The number of aliphatic imine (C=N–C) groups is 1. The zero-order valence-corrected chi connectivity index (χ0v) is 21.4. The minimum atomic E-state index is -0.902. The molecule has 11 heteroatoms. The summed E-state index contributed by atoms with van der Waals surface area (Å²) in [7, 11) is 1.90. The first-order chi connectivity index (χ1) is 18.5. The second-order valence-electron chi connectivity index (χ2n) is 9.88. The fourth-order valence-corrected chi connectivity index (χ4v) is 5.32. The fourth-order valence-electron chi connectivity index (χ4n) is 5.32. The number of carbonyl (C=O) groups excluding carboxylic acids is 1. The molecule has 6 heterocycles. The lowest BCUT2D eigenvalue weighted by Crippen LogP contribution is -2.52. The molecular weight excluding hydrogens is 485 g/mol. The Kier molecular flexibility index (Phi) is 6.26. The highest BCUT2D eigenvalue weighted by molar-refractivity contribution is 5.86. The number of aromatic nitrogens is 5. The monoisotopic (exact) mass is 515 g/mol. The number of halogens is 1. The van der Waals surface area contributed by atoms with Crippen LogP contribution in [-0.2, 0) is 13.6 Å². The number of hydrogen-bond acceptors (Lipinski definition) is 6. The number of rotatable bonds is 5. The van der Waals surface area contributed by atoms with E-state index in [9.17, 15) is 9.18 Å². The number of fused-ring (bicyclic) bond motifs is 1. The first-order valence-electron chi connectivity index (χ1n) is 12.8. The molecular formula is C27H30FN9O. The molecule has 0 saturated carbocycles. The largest absolute Gasteiger partial charge is 0.353 e. The molecule has 0 N–H and O–H groups in total. The van der Waals surface area contributed by atoms with E-state index in [1.807, 2.05) is 53.5 Å². The number of piperazine rings is 1. The third-order valence-corrected chi connectivity index (χ3v) is 7.34. The van der Waals surface area contributed by atoms with E-state index in [0.717, 1.165) is 39.2 Å². The summed E-state index contributed by atoms with van der Waals surface area (Å²) in [4.78, 5) is 27.2. The van der Waals surface area contributed by atoms with Gasteiger partial charge in [0.05, 0.1) is 31.0 Å². The summed E-state index contributed by atoms with van der Waals surface area (Å²) in [6.45, 7) is 7.40. The predicted molar refractivity (Wildman–Crippen MR) is 144 cm³/mol. The molecule has 0 aromatic carbocycles. The van der Waals surface area contributed by atoms with Gasteiger partial charge in [-0.15, -0.1) is 0 Å². The van der Waals surface area contributed by atoms with Crippen molar-refractivity contribution in [2.75, 3.05) is 44.2 Å². The van der Waals surface area contributed by atoms with Crippen molar-refractivity contribution in [2.45, 2.75) is 19.1 Å². The van der Waals surface area contributed by atoms with Crippen molar-refractivity contribution < 1.29 is 9.18 Å².